The van der Waals surface area contributed by atoms with Crippen molar-refractivity contribution in [3.63, 3.8) is 0 Å². The van der Waals surface area contributed by atoms with E-state index >= 15 is 0 Å². The van der Waals surface area contributed by atoms with E-state index in [0.29, 0.717) is 6.20 Å². The molecule has 0 aliphatic rings. The molecule has 29 heavy (non-hydrogen) atoms. The predicted octanol–water partition coefficient (Wildman–Crippen LogP) is 2.85. The molecule has 0 aliphatic heterocycles. The van der Waals surface area contributed by atoms with Gasteiger partial charge in [0.05, 0.1) is 10.6 Å². The molecule has 2 rings (SSSR count). The number of carbonyl (C=O) groups is 1. The van der Waals surface area contributed by atoms with Crippen LogP contribution in [-0.2, 0) is 16.2 Å². The van der Waals surface area contributed by atoms with E-state index in [2.05, 4.69) is 15.6 Å². The SMILES string of the molecule is CN(C)S(=O)(=O)c1cc(C(=O)NCCNc2ccc(C(F)(F)F)cn2)ccc1Cl. The Kier molecular flexibility index (Phi) is 7.09. The summed E-state index contributed by atoms with van der Waals surface area (Å²) in [7, 11) is -1.13. The molecule has 2 aromatic rings. The Morgan fingerprint density at radius 2 is 1.86 bits per heavy atom. The number of sulfonamides is 1. The van der Waals surface area contributed by atoms with Gasteiger partial charge in [0, 0.05) is 38.9 Å². The summed E-state index contributed by atoms with van der Waals surface area (Å²) >= 11 is 5.94. The molecule has 0 unspecified atom stereocenters. The molecule has 1 heterocycles. The Morgan fingerprint density at radius 3 is 2.41 bits per heavy atom. The van der Waals surface area contributed by atoms with E-state index in [1.54, 1.807) is 0 Å². The Bertz CT molecular complexity index is 980. The average Bonchev–Trinajstić information content (AvgIpc) is 2.64. The van der Waals surface area contributed by atoms with Crippen molar-refractivity contribution in [1.82, 2.24) is 14.6 Å². The lowest BCUT2D eigenvalue weighted by Gasteiger charge is -2.14. The van der Waals surface area contributed by atoms with Crippen LogP contribution >= 0.6 is 11.6 Å². The summed E-state index contributed by atoms with van der Waals surface area (Å²) in [5.74, 6) is -0.308. The molecular weight excluding hydrogens is 433 g/mol. The summed E-state index contributed by atoms with van der Waals surface area (Å²) in [6.07, 6.45) is -3.75. The second-order valence-corrected chi connectivity index (χ2v) is 8.57. The van der Waals surface area contributed by atoms with Gasteiger partial charge >= 0.3 is 6.18 Å². The third-order valence-electron chi connectivity index (χ3n) is 3.76. The second-order valence-electron chi connectivity index (χ2n) is 6.05. The summed E-state index contributed by atoms with van der Waals surface area (Å²) in [6.45, 7) is 0.320. The third-order valence-corrected chi connectivity index (χ3v) is 6.06. The molecular formula is C17H18ClF3N4O3S. The highest BCUT2D eigenvalue weighted by Crippen LogP contribution is 2.28. The molecule has 158 valence electrons. The van der Waals surface area contributed by atoms with Gasteiger partial charge in [0.15, 0.2) is 0 Å². The average molecular weight is 451 g/mol. The number of pyridine rings is 1. The van der Waals surface area contributed by atoms with Gasteiger partial charge in [0.2, 0.25) is 10.0 Å². The quantitative estimate of drug-likeness (QED) is 0.633. The Morgan fingerprint density at radius 1 is 1.17 bits per heavy atom. The standard InChI is InChI=1S/C17H18ClF3N4O3S/c1-25(2)29(27,28)14-9-11(3-5-13(14)18)16(26)23-8-7-22-15-6-4-12(10-24-15)17(19,20)21/h3-6,9-10H,7-8H2,1-2H3,(H,22,24)(H,23,26). The molecule has 0 radical (unpaired) electrons. The first-order chi connectivity index (χ1) is 13.4. The lowest BCUT2D eigenvalue weighted by atomic mass is 10.2. The van der Waals surface area contributed by atoms with E-state index in [-0.39, 0.29) is 34.4 Å². The number of rotatable bonds is 7. The lowest BCUT2D eigenvalue weighted by Crippen LogP contribution is -2.29. The fourth-order valence-corrected chi connectivity index (χ4v) is 3.57. The molecule has 7 nitrogen and oxygen atoms in total. The topological polar surface area (TPSA) is 91.4 Å². The molecule has 0 saturated heterocycles. The molecule has 12 heteroatoms. The summed E-state index contributed by atoms with van der Waals surface area (Å²) < 4.78 is 63.0. The van der Waals surface area contributed by atoms with Crippen LogP contribution in [0.15, 0.2) is 41.4 Å². The zero-order chi connectivity index (χ0) is 21.8. The van der Waals surface area contributed by atoms with Gasteiger partial charge in [-0.3, -0.25) is 4.79 Å². The molecule has 0 atom stereocenters. The molecule has 2 N–H and O–H groups in total. The van der Waals surface area contributed by atoms with Crippen molar-refractivity contribution in [2.24, 2.45) is 0 Å². The molecule has 1 aromatic heterocycles. The zero-order valence-electron chi connectivity index (χ0n) is 15.4. The number of aromatic nitrogens is 1. The summed E-state index contributed by atoms with van der Waals surface area (Å²) in [5, 5.41) is 5.34. The van der Waals surface area contributed by atoms with Crippen molar-refractivity contribution in [3.05, 3.63) is 52.7 Å². The molecule has 0 bridgehead atoms. The first-order valence-corrected chi connectivity index (χ1v) is 10.0. The fourth-order valence-electron chi connectivity index (χ4n) is 2.17. The second kappa shape index (κ2) is 8.97. The molecule has 0 aliphatic carbocycles. The normalized spacial score (nSPS) is 12.1. The number of nitrogens with zero attached hydrogens (tertiary/aromatic N) is 2. The van der Waals surface area contributed by atoms with Crippen molar-refractivity contribution < 1.29 is 26.4 Å². The number of hydrogen-bond acceptors (Lipinski definition) is 5. The lowest BCUT2D eigenvalue weighted by molar-refractivity contribution is -0.137. The van der Waals surface area contributed by atoms with E-state index < -0.39 is 27.7 Å². The summed E-state index contributed by atoms with van der Waals surface area (Å²) in [6, 6.07) is 5.96. The monoisotopic (exact) mass is 450 g/mol. The van der Waals surface area contributed by atoms with Crippen molar-refractivity contribution in [1.29, 1.82) is 0 Å². The van der Waals surface area contributed by atoms with Crippen LogP contribution < -0.4 is 10.6 Å². The van der Waals surface area contributed by atoms with Crippen LogP contribution in [0.2, 0.25) is 5.02 Å². The fraction of sp³-hybridized carbons (Fsp3) is 0.294. The van der Waals surface area contributed by atoms with E-state index in [4.69, 9.17) is 11.6 Å². The van der Waals surface area contributed by atoms with Crippen LogP contribution in [0.25, 0.3) is 0 Å². The highest BCUT2D eigenvalue weighted by molar-refractivity contribution is 7.89. The number of amides is 1. The molecule has 0 saturated carbocycles. The Labute approximate surface area is 170 Å². The van der Waals surface area contributed by atoms with E-state index in [1.165, 1.54) is 38.4 Å². The number of alkyl halides is 3. The Hall–Kier alpha value is -2.37. The van der Waals surface area contributed by atoms with Gasteiger partial charge in [-0.2, -0.15) is 13.2 Å². The molecule has 0 spiro atoms. The summed E-state index contributed by atoms with van der Waals surface area (Å²) in [4.78, 5) is 15.7. The van der Waals surface area contributed by atoms with Gasteiger partial charge in [0.25, 0.3) is 5.91 Å². The van der Waals surface area contributed by atoms with Crippen LogP contribution in [0.5, 0.6) is 0 Å². The predicted molar refractivity (Wildman–Crippen MR) is 102 cm³/mol. The Balaban J connectivity index is 1.95. The maximum Gasteiger partial charge on any atom is 0.417 e. The van der Waals surface area contributed by atoms with Crippen molar-refractivity contribution in [2.45, 2.75) is 11.1 Å². The van der Waals surface area contributed by atoms with Crippen LogP contribution in [-0.4, -0.2) is 50.8 Å². The van der Waals surface area contributed by atoms with E-state index in [9.17, 15) is 26.4 Å². The molecule has 0 fully saturated rings. The molecule has 1 amide bonds. The largest absolute Gasteiger partial charge is 0.417 e. The number of anilines is 1. The van der Waals surface area contributed by atoms with Gasteiger partial charge in [-0.15, -0.1) is 0 Å². The number of benzene rings is 1. The first-order valence-electron chi connectivity index (χ1n) is 8.20. The van der Waals surface area contributed by atoms with Gasteiger partial charge < -0.3 is 10.6 Å². The van der Waals surface area contributed by atoms with Crippen LogP contribution in [0.3, 0.4) is 0 Å². The van der Waals surface area contributed by atoms with Crippen LogP contribution in [0.1, 0.15) is 15.9 Å². The minimum absolute atomic E-state index is 0.00899. The minimum atomic E-state index is -4.46. The third kappa shape index (κ3) is 5.81. The van der Waals surface area contributed by atoms with E-state index in [1.807, 2.05) is 0 Å². The van der Waals surface area contributed by atoms with Crippen molar-refractivity contribution in [3.8, 4) is 0 Å². The number of carbonyl (C=O) groups excluding carboxylic acids is 1. The van der Waals surface area contributed by atoms with Gasteiger partial charge in [-0.1, -0.05) is 11.6 Å². The van der Waals surface area contributed by atoms with Crippen molar-refractivity contribution >= 4 is 33.3 Å². The number of halogens is 4. The zero-order valence-corrected chi connectivity index (χ0v) is 17.0. The van der Waals surface area contributed by atoms with Crippen LogP contribution in [0.4, 0.5) is 19.0 Å². The first kappa shape index (κ1) is 22.9. The maximum atomic E-state index is 12.5. The highest BCUT2D eigenvalue weighted by Gasteiger charge is 2.30. The molecule has 1 aromatic carbocycles. The number of hydrogen-bond donors (Lipinski definition) is 2. The maximum absolute atomic E-state index is 12.5. The highest BCUT2D eigenvalue weighted by atomic mass is 35.5. The van der Waals surface area contributed by atoms with Gasteiger partial charge in [-0.25, -0.2) is 17.7 Å². The summed E-state index contributed by atoms with van der Waals surface area (Å²) in [5.41, 5.74) is -0.759. The van der Waals surface area contributed by atoms with Crippen LogP contribution in [0, 0.1) is 0 Å². The van der Waals surface area contributed by atoms with Gasteiger partial charge in [-0.05, 0) is 30.3 Å². The smallest absolute Gasteiger partial charge is 0.368 e. The van der Waals surface area contributed by atoms with E-state index in [0.717, 1.165) is 10.4 Å². The van der Waals surface area contributed by atoms with Crippen molar-refractivity contribution in [2.75, 3.05) is 32.5 Å². The minimum Gasteiger partial charge on any atom is -0.368 e. The number of nitrogens with one attached hydrogen (secondary N) is 2. The van der Waals surface area contributed by atoms with Gasteiger partial charge in [0.1, 0.15) is 10.7 Å².